The average molecular weight is 395 g/mol. The zero-order valence-electron chi connectivity index (χ0n) is 16.1. The summed E-state index contributed by atoms with van der Waals surface area (Å²) in [6.07, 6.45) is 1.87. The van der Waals surface area contributed by atoms with Crippen LogP contribution in [0, 0.1) is 11.8 Å². The van der Waals surface area contributed by atoms with E-state index in [4.69, 9.17) is 16.3 Å². The Morgan fingerprint density at radius 1 is 1.33 bits per heavy atom. The molecule has 148 valence electrons. The summed E-state index contributed by atoms with van der Waals surface area (Å²) in [5.41, 5.74) is 0.387. The van der Waals surface area contributed by atoms with Gasteiger partial charge < -0.3 is 15.0 Å². The Morgan fingerprint density at radius 3 is 2.74 bits per heavy atom. The number of Topliss-reactive ketones (excluding diaryl/α,β-unsaturated/α-hetero) is 1. The highest BCUT2D eigenvalue weighted by atomic mass is 35.5. The van der Waals surface area contributed by atoms with Gasteiger partial charge in [-0.05, 0) is 37.0 Å². The molecule has 1 fully saturated rings. The van der Waals surface area contributed by atoms with E-state index in [1.807, 2.05) is 13.8 Å². The molecular formula is C20H27ClN2O4. The number of ketones is 1. The molecule has 1 N–H and O–H groups in total. The third-order valence-electron chi connectivity index (χ3n) is 4.57. The summed E-state index contributed by atoms with van der Waals surface area (Å²) in [5, 5.41) is 3.17. The number of halogens is 1. The Bertz CT molecular complexity index is 705. The largest absolute Gasteiger partial charge is 0.496 e. The minimum atomic E-state index is -0.320. The monoisotopic (exact) mass is 394 g/mol. The lowest BCUT2D eigenvalue weighted by Gasteiger charge is -2.32. The van der Waals surface area contributed by atoms with Gasteiger partial charge in [-0.2, -0.15) is 0 Å². The highest BCUT2D eigenvalue weighted by Crippen LogP contribution is 2.26. The molecule has 7 heteroatoms. The third-order valence-corrected chi connectivity index (χ3v) is 4.80. The van der Waals surface area contributed by atoms with E-state index in [9.17, 15) is 14.4 Å². The molecule has 1 unspecified atom stereocenters. The number of ether oxygens (including phenoxy) is 1. The van der Waals surface area contributed by atoms with Crippen molar-refractivity contribution in [2.45, 2.75) is 33.1 Å². The van der Waals surface area contributed by atoms with Gasteiger partial charge in [-0.25, -0.2) is 0 Å². The van der Waals surface area contributed by atoms with E-state index >= 15 is 0 Å². The maximum atomic E-state index is 12.9. The van der Waals surface area contributed by atoms with Gasteiger partial charge in [0.15, 0.2) is 5.78 Å². The Kier molecular flexibility index (Phi) is 7.66. The fourth-order valence-corrected chi connectivity index (χ4v) is 3.42. The topological polar surface area (TPSA) is 75.7 Å². The summed E-state index contributed by atoms with van der Waals surface area (Å²) in [7, 11) is 1.50. The summed E-state index contributed by atoms with van der Waals surface area (Å²) >= 11 is 6.02. The summed E-state index contributed by atoms with van der Waals surface area (Å²) in [4.78, 5) is 38.8. The average Bonchev–Trinajstić information content (AvgIpc) is 2.65. The number of nitrogens with zero attached hydrogens (tertiary/aromatic N) is 1. The van der Waals surface area contributed by atoms with Crippen molar-refractivity contribution in [3.05, 3.63) is 28.8 Å². The van der Waals surface area contributed by atoms with E-state index in [-0.39, 0.29) is 36.0 Å². The molecule has 1 aromatic carbocycles. The molecule has 0 saturated carbocycles. The molecular weight excluding hydrogens is 368 g/mol. The molecule has 0 radical (unpaired) electrons. The normalized spacial score (nSPS) is 16.9. The van der Waals surface area contributed by atoms with E-state index in [2.05, 4.69) is 5.32 Å². The fraction of sp³-hybridized carbons (Fsp3) is 0.550. The van der Waals surface area contributed by atoms with Crippen LogP contribution in [0.4, 0.5) is 0 Å². The summed E-state index contributed by atoms with van der Waals surface area (Å²) < 4.78 is 5.26. The second kappa shape index (κ2) is 9.74. The van der Waals surface area contributed by atoms with Crippen molar-refractivity contribution in [1.82, 2.24) is 10.2 Å². The van der Waals surface area contributed by atoms with Gasteiger partial charge in [0, 0.05) is 24.5 Å². The molecule has 1 aliphatic rings. The van der Waals surface area contributed by atoms with Gasteiger partial charge in [0.05, 0.1) is 25.1 Å². The Labute approximate surface area is 165 Å². The van der Waals surface area contributed by atoms with Gasteiger partial charge in [-0.3, -0.25) is 14.4 Å². The maximum Gasteiger partial charge on any atom is 0.257 e. The number of hydrogen-bond donors (Lipinski definition) is 1. The lowest BCUT2D eigenvalue weighted by Crippen LogP contribution is -2.46. The Morgan fingerprint density at radius 2 is 2.07 bits per heavy atom. The van der Waals surface area contributed by atoms with Crippen LogP contribution in [0.3, 0.4) is 0 Å². The molecule has 1 aliphatic heterocycles. The molecule has 0 bridgehead atoms. The first-order valence-electron chi connectivity index (χ1n) is 9.24. The van der Waals surface area contributed by atoms with Crippen molar-refractivity contribution < 1.29 is 19.1 Å². The van der Waals surface area contributed by atoms with E-state index in [0.717, 1.165) is 6.42 Å². The van der Waals surface area contributed by atoms with Gasteiger partial charge >= 0.3 is 0 Å². The Balaban J connectivity index is 1.99. The first kappa shape index (κ1) is 21.2. The first-order chi connectivity index (χ1) is 12.8. The number of benzene rings is 1. The molecule has 2 amide bonds. The van der Waals surface area contributed by atoms with Crippen LogP contribution in [-0.4, -0.2) is 49.2 Å². The van der Waals surface area contributed by atoms with Crippen LogP contribution < -0.4 is 10.1 Å². The lowest BCUT2D eigenvalue weighted by atomic mass is 9.96. The first-order valence-corrected chi connectivity index (χ1v) is 9.61. The van der Waals surface area contributed by atoms with Gasteiger partial charge in [0.25, 0.3) is 5.91 Å². The van der Waals surface area contributed by atoms with Crippen LogP contribution in [0.2, 0.25) is 5.02 Å². The number of likely N-dealkylation sites (tertiary alicyclic amines) is 1. The van der Waals surface area contributed by atoms with Gasteiger partial charge in [0.2, 0.25) is 5.91 Å². The third kappa shape index (κ3) is 5.96. The van der Waals surface area contributed by atoms with Crippen LogP contribution >= 0.6 is 11.6 Å². The molecule has 1 saturated heterocycles. The van der Waals surface area contributed by atoms with Crippen LogP contribution in [-0.2, 0) is 9.59 Å². The zero-order chi connectivity index (χ0) is 20.0. The van der Waals surface area contributed by atoms with Crippen LogP contribution in [0.1, 0.15) is 43.5 Å². The number of carbonyl (C=O) groups is 3. The van der Waals surface area contributed by atoms with Crippen LogP contribution in [0.25, 0.3) is 0 Å². The summed E-state index contributed by atoms with van der Waals surface area (Å²) in [6.45, 7) is 4.87. The van der Waals surface area contributed by atoms with Crippen molar-refractivity contribution >= 4 is 29.2 Å². The molecule has 0 spiro atoms. The van der Waals surface area contributed by atoms with E-state index in [1.165, 1.54) is 7.11 Å². The van der Waals surface area contributed by atoms with E-state index in [1.54, 1.807) is 23.1 Å². The SMILES string of the molecule is COc1ccc(Cl)cc1C(=O)N1CCCC(C(=O)NCC(=O)CC(C)C)C1. The van der Waals surface area contributed by atoms with Crippen molar-refractivity contribution in [1.29, 1.82) is 0 Å². The van der Waals surface area contributed by atoms with Gasteiger partial charge in [-0.15, -0.1) is 0 Å². The van der Waals surface area contributed by atoms with Crippen molar-refractivity contribution in [2.75, 3.05) is 26.7 Å². The highest BCUT2D eigenvalue weighted by Gasteiger charge is 2.30. The van der Waals surface area contributed by atoms with Crippen LogP contribution in [0.5, 0.6) is 5.75 Å². The maximum absolute atomic E-state index is 12.9. The van der Waals surface area contributed by atoms with Crippen molar-refractivity contribution in [2.24, 2.45) is 11.8 Å². The predicted molar refractivity (Wildman–Crippen MR) is 104 cm³/mol. The second-order valence-corrected chi connectivity index (χ2v) is 7.73. The van der Waals surface area contributed by atoms with E-state index in [0.29, 0.717) is 42.3 Å². The Hall–Kier alpha value is -2.08. The molecule has 1 heterocycles. The standard InChI is InChI=1S/C20H27ClN2O4/c1-13(2)9-16(24)11-22-19(25)14-5-4-8-23(12-14)20(26)17-10-15(21)6-7-18(17)27-3/h6-7,10,13-14H,4-5,8-9,11-12H2,1-3H3,(H,22,25). The second-order valence-electron chi connectivity index (χ2n) is 7.29. The van der Waals surface area contributed by atoms with Gasteiger partial charge in [-0.1, -0.05) is 25.4 Å². The molecule has 6 nitrogen and oxygen atoms in total. The van der Waals surface area contributed by atoms with Gasteiger partial charge in [0.1, 0.15) is 5.75 Å². The molecule has 27 heavy (non-hydrogen) atoms. The molecule has 1 aromatic rings. The number of piperidine rings is 1. The zero-order valence-corrected chi connectivity index (χ0v) is 16.8. The predicted octanol–water partition coefficient (Wildman–Crippen LogP) is 2.93. The van der Waals surface area contributed by atoms with E-state index < -0.39 is 0 Å². The molecule has 0 aromatic heterocycles. The molecule has 2 rings (SSSR count). The number of nitrogens with one attached hydrogen (secondary N) is 1. The minimum absolute atomic E-state index is 0.0192. The smallest absolute Gasteiger partial charge is 0.257 e. The fourth-order valence-electron chi connectivity index (χ4n) is 3.25. The minimum Gasteiger partial charge on any atom is -0.496 e. The lowest BCUT2D eigenvalue weighted by molar-refractivity contribution is -0.129. The van der Waals surface area contributed by atoms with Crippen LogP contribution in [0.15, 0.2) is 18.2 Å². The number of amides is 2. The number of methoxy groups -OCH3 is 1. The molecule has 1 atom stereocenters. The summed E-state index contributed by atoms with van der Waals surface area (Å²) in [6, 6.07) is 4.90. The highest BCUT2D eigenvalue weighted by molar-refractivity contribution is 6.31. The number of rotatable bonds is 7. The van der Waals surface area contributed by atoms with Crippen molar-refractivity contribution in [3.63, 3.8) is 0 Å². The molecule has 0 aliphatic carbocycles. The summed E-state index contributed by atoms with van der Waals surface area (Å²) in [5.74, 6) is 0.0380. The quantitative estimate of drug-likeness (QED) is 0.771. The van der Waals surface area contributed by atoms with Crippen molar-refractivity contribution in [3.8, 4) is 5.75 Å². The number of hydrogen-bond acceptors (Lipinski definition) is 4. The number of carbonyl (C=O) groups excluding carboxylic acids is 3.